The van der Waals surface area contributed by atoms with E-state index in [9.17, 15) is 9.59 Å². The molecule has 2 aromatic rings. The van der Waals surface area contributed by atoms with Crippen molar-refractivity contribution in [3.8, 4) is 0 Å². The van der Waals surface area contributed by atoms with Gasteiger partial charge in [0, 0.05) is 32.4 Å². The van der Waals surface area contributed by atoms with Crippen LogP contribution in [0.25, 0.3) is 0 Å². The maximum atomic E-state index is 11.8. The van der Waals surface area contributed by atoms with Crippen molar-refractivity contribution in [2.45, 2.75) is 13.5 Å². The molecule has 1 N–H and O–H groups in total. The second kappa shape index (κ2) is 7.23. The van der Waals surface area contributed by atoms with E-state index in [1.165, 1.54) is 13.1 Å². The van der Waals surface area contributed by atoms with E-state index >= 15 is 0 Å². The Bertz CT molecular complexity index is 581. The van der Waals surface area contributed by atoms with Crippen LogP contribution in [0.3, 0.4) is 0 Å². The van der Waals surface area contributed by atoms with Gasteiger partial charge in [-0.2, -0.15) is 0 Å². The highest BCUT2D eigenvalue weighted by molar-refractivity contribution is 5.93. The molecule has 6 nitrogen and oxygen atoms in total. The van der Waals surface area contributed by atoms with Crippen LogP contribution < -0.4 is 5.32 Å². The van der Waals surface area contributed by atoms with E-state index in [1.807, 2.05) is 6.07 Å². The second-order valence-electron chi connectivity index (χ2n) is 4.52. The van der Waals surface area contributed by atoms with Gasteiger partial charge in [0.15, 0.2) is 0 Å². The summed E-state index contributed by atoms with van der Waals surface area (Å²) < 4.78 is 5.22. The summed E-state index contributed by atoms with van der Waals surface area (Å²) in [6.07, 6.45) is 4.68. The number of nitrogens with zero attached hydrogens (tertiary/aromatic N) is 2. The van der Waals surface area contributed by atoms with E-state index in [-0.39, 0.29) is 11.8 Å². The van der Waals surface area contributed by atoms with Crippen LogP contribution in [0.15, 0.2) is 47.3 Å². The van der Waals surface area contributed by atoms with Crippen molar-refractivity contribution in [1.82, 2.24) is 15.2 Å². The topological polar surface area (TPSA) is 75.4 Å². The summed E-state index contributed by atoms with van der Waals surface area (Å²) in [5, 5.41) is 2.76. The number of carbonyl (C=O) groups is 2. The second-order valence-corrected chi connectivity index (χ2v) is 4.52. The highest BCUT2D eigenvalue weighted by atomic mass is 16.3. The van der Waals surface area contributed by atoms with Crippen LogP contribution >= 0.6 is 0 Å². The minimum Gasteiger partial charge on any atom is -0.467 e. The summed E-state index contributed by atoms with van der Waals surface area (Å²) >= 11 is 0. The highest BCUT2D eigenvalue weighted by Gasteiger charge is 2.12. The van der Waals surface area contributed by atoms with Crippen LogP contribution in [0, 0.1) is 0 Å². The summed E-state index contributed by atoms with van der Waals surface area (Å²) in [7, 11) is 0. The van der Waals surface area contributed by atoms with Gasteiger partial charge in [-0.05, 0) is 24.3 Å². The van der Waals surface area contributed by atoms with Gasteiger partial charge in [0.2, 0.25) is 5.91 Å². The smallest absolute Gasteiger partial charge is 0.252 e. The van der Waals surface area contributed by atoms with Gasteiger partial charge in [0.25, 0.3) is 5.91 Å². The molecule has 2 amide bonds. The van der Waals surface area contributed by atoms with Crippen molar-refractivity contribution >= 4 is 11.8 Å². The van der Waals surface area contributed by atoms with Gasteiger partial charge in [0.05, 0.1) is 18.4 Å². The third kappa shape index (κ3) is 4.45. The summed E-state index contributed by atoms with van der Waals surface area (Å²) in [5.74, 6) is 0.440. The minimum absolute atomic E-state index is 0.0676. The van der Waals surface area contributed by atoms with Crippen molar-refractivity contribution in [2.75, 3.05) is 13.1 Å². The third-order valence-electron chi connectivity index (χ3n) is 2.96. The zero-order valence-corrected chi connectivity index (χ0v) is 11.8. The van der Waals surface area contributed by atoms with Gasteiger partial charge < -0.3 is 14.6 Å². The fraction of sp³-hybridized carbons (Fsp3) is 0.267. The Kier molecular flexibility index (Phi) is 5.09. The third-order valence-corrected chi connectivity index (χ3v) is 2.96. The molecular weight excluding hydrogens is 270 g/mol. The number of nitrogens with one attached hydrogen (secondary N) is 1. The molecular formula is C15H17N3O3. The molecule has 2 aromatic heterocycles. The lowest BCUT2D eigenvalue weighted by Crippen LogP contribution is -2.37. The first-order valence-electron chi connectivity index (χ1n) is 6.63. The van der Waals surface area contributed by atoms with Crippen LogP contribution in [0.4, 0.5) is 0 Å². The normalized spacial score (nSPS) is 10.1. The number of amides is 2. The van der Waals surface area contributed by atoms with E-state index in [0.29, 0.717) is 31.0 Å². The Morgan fingerprint density at radius 2 is 2.19 bits per heavy atom. The number of hydrogen-bond donors (Lipinski definition) is 1. The number of rotatable bonds is 6. The molecule has 21 heavy (non-hydrogen) atoms. The highest BCUT2D eigenvalue weighted by Crippen LogP contribution is 2.05. The van der Waals surface area contributed by atoms with E-state index in [4.69, 9.17) is 4.42 Å². The number of pyridine rings is 1. The average molecular weight is 287 g/mol. The lowest BCUT2D eigenvalue weighted by atomic mass is 10.2. The summed E-state index contributed by atoms with van der Waals surface area (Å²) in [5.41, 5.74) is 0.498. The van der Waals surface area contributed by atoms with Gasteiger partial charge in [-0.15, -0.1) is 0 Å². The van der Waals surface area contributed by atoms with E-state index in [0.717, 1.165) is 0 Å². The van der Waals surface area contributed by atoms with Gasteiger partial charge >= 0.3 is 0 Å². The molecule has 0 atom stereocenters. The van der Waals surface area contributed by atoms with Crippen molar-refractivity contribution in [3.63, 3.8) is 0 Å². The molecule has 0 spiro atoms. The molecule has 110 valence electrons. The molecule has 0 aliphatic carbocycles. The maximum absolute atomic E-state index is 11.8. The molecule has 0 aliphatic rings. The van der Waals surface area contributed by atoms with Crippen LogP contribution in [-0.4, -0.2) is 34.8 Å². The SMILES string of the molecule is CC(=O)N(CCNC(=O)c1cccnc1)Cc1ccco1. The van der Waals surface area contributed by atoms with E-state index in [1.54, 1.807) is 35.6 Å². The van der Waals surface area contributed by atoms with Crippen molar-refractivity contribution < 1.29 is 14.0 Å². The van der Waals surface area contributed by atoms with Crippen molar-refractivity contribution in [3.05, 3.63) is 54.2 Å². The Hall–Kier alpha value is -2.63. The molecule has 0 radical (unpaired) electrons. The fourth-order valence-electron chi connectivity index (χ4n) is 1.84. The van der Waals surface area contributed by atoms with Crippen molar-refractivity contribution in [1.29, 1.82) is 0 Å². The average Bonchev–Trinajstić information content (AvgIpc) is 3.00. The Labute approximate surface area is 122 Å². The van der Waals surface area contributed by atoms with Crippen LogP contribution in [0.5, 0.6) is 0 Å². The molecule has 6 heteroatoms. The first-order chi connectivity index (χ1) is 10.2. The van der Waals surface area contributed by atoms with Crippen LogP contribution in [0.1, 0.15) is 23.0 Å². The monoisotopic (exact) mass is 287 g/mol. The largest absolute Gasteiger partial charge is 0.467 e. The van der Waals surface area contributed by atoms with Gasteiger partial charge in [0.1, 0.15) is 5.76 Å². The van der Waals surface area contributed by atoms with Crippen molar-refractivity contribution in [2.24, 2.45) is 0 Å². The Morgan fingerprint density at radius 1 is 1.33 bits per heavy atom. The lowest BCUT2D eigenvalue weighted by Gasteiger charge is -2.20. The van der Waals surface area contributed by atoms with Crippen LogP contribution in [-0.2, 0) is 11.3 Å². The molecule has 2 rings (SSSR count). The molecule has 0 unspecified atom stereocenters. The summed E-state index contributed by atoms with van der Waals surface area (Å²) in [4.78, 5) is 28.9. The Balaban J connectivity index is 1.82. The molecule has 0 fully saturated rings. The van der Waals surface area contributed by atoms with E-state index in [2.05, 4.69) is 10.3 Å². The molecule has 0 bridgehead atoms. The number of hydrogen-bond acceptors (Lipinski definition) is 4. The summed E-state index contributed by atoms with van der Waals surface area (Å²) in [6, 6.07) is 6.98. The predicted molar refractivity (Wildman–Crippen MR) is 76.4 cm³/mol. The number of carbonyl (C=O) groups excluding carboxylic acids is 2. The first kappa shape index (κ1) is 14.8. The molecule has 0 aliphatic heterocycles. The quantitative estimate of drug-likeness (QED) is 0.872. The zero-order chi connectivity index (χ0) is 15.1. The fourth-order valence-corrected chi connectivity index (χ4v) is 1.84. The molecule has 0 aromatic carbocycles. The molecule has 0 saturated heterocycles. The molecule has 0 saturated carbocycles. The zero-order valence-electron chi connectivity index (χ0n) is 11.8. The van der Waals surface area contributed by atoms with E-state index < -0.39 is 0 Å². The predicted octanol–water partition coefficient (Wildman–Crippen LogP) is 1.45. The minimum atomic E-state index is -0.204. The Morgan fingerprint density at radius 3 is 2.81 bits per heavy atom. The van der Waals surface area contributed by atoms with Gasteiger partial charge in [-0.25, -0.2) is 0 Å². The first-order valence-corrected chi connectivity index (χ1v) is 6.63. The van der Waals surface area contributed by atoms with Crippen LogP contribution in [0.2, 0.25) is 0 Å². The maximum Gasteiger partial charge on any atom is 0.252 e. The lowest BCUT2D eigenvalue weighted by molar-refractivity contribution is -0.129. The summed E-state index contributed by atoms with van der Waals surface area (Å²) in [6.45, 7) is 2.67. The standard InChI is InChI=1S/C15H17N3O3/c1-12(19)18(11-14-5-3-9-21-14)8-7-17-15(20)13-4-2-6-16-10-13/h2-6,9-10H,7-8,11H2,1H3,(H,17,20). The number of aromatic nitrogens is 1. The van der Waals surface area contributed by atoms with Gasteiger partial charge in [-0.3, -0.25) is 14.6 Å². The van der Waals surface area contributed by atoms with Gasteiger partial charge in [-0.1, -0.05) is 0 Å². The number of furan rings is 1. The molecule has 2 heterocycles.